The predicted octanol–water partition coefficient (Wildman–Crippen LogP) is 3.34. The van der Waals surface area contributed by atoms with Crippen LogP contribution in [0.25, 0.3) is 0 Å². The number of rotatable bonds is 2. The Labute approximate surface area is 94.0 Å². The van der Waals surface area contributed by atoms with Gasteiger partial charge in [0.25, 0.3) is 0 Å². The van der Waals surface area contributed by atoms with Crippen LogP contribution in [0.5, 0.6) is 0 Å². The summed E-state index contributed by atoms with van der Waals surface area (Å²) in [4.78, 5) is 0. The van der Waals surface area contributed by atoms with Crippen molar-refractivity contribution < 1.29 is 0 Å². The summed E-state index contributed by atoms with van der Waals surface area (Å²) >= 11 is 0. The van der Waals surface area contributed by atoms with Gasteiger partial charge >= 0.3 is 0 Å². The van der Waals surface area contributed by atoms with E-state index in [1.807, 2.05) is 0 Å². The van der Waals surface area contributed by atoms with Crippen molar-refractivity contribution in [1.29, 1.82) is 0 Å². The smallest absolute Gasteiger partial charge is 0.0101 e. The molecule has 0 amide bonds. The Morgan fingerprint density at radius 3 is 2.47 bits per heavy atom. The van der Waals surface area contributed by atoms with Gasteiger partial charge in [0.05, 0.1) is 0 Å². The molecular weight excluding hydrogens is 182 g/mol. The van der Waals surface area contributed by atoms with Crippen LogP contribution in [-0.4, -0.2) is 12.1 Å². The van der Waals surface area contributed by atoms with Gasteiger partial charge in [-0.05, 0) is 55.8 Å². The van der Waals surface area contributed by atoms with Gasteiger partial charge in [0.1, 0.15) is 0 Å². The van der Waals surface area contributed by atoms with Crippen molar-refractivity contribution in [3.05, 3.63) is 0 Å². The molecule has 0 radical (unpaired) electrons. The van der Waals surface area contributed by atoms with Crippen LogP contribution in [0.2, 0.25) is 0 Å². The average Bonchev–Trinajstić information content (AvgIpc) is 2.81. The molecule has 3 aliphatic carbocycles. The van der Waals surface area contributed by atoms with Gasteiger partial charge in [-0.1, -0.05) is 20.3 Å². The highest BCUT2D eigenvalue weighted by Crippen LogP contribution is 2.45. The normalized spacial score (nSPS) is 47.6. The fourth-order valence-electron chi connectivity index (χ4n) is 4.33. The highest BCUT2D eigenvalue weighted by Gasteiger charge is 2.41. The lowest BCUT2D eigenvalue weighted by Gasteiger charge is -2.27. The molecule has 1 heteroatoms. The molecule has 3 rings (SSSR count). The summed E-state index contributed by atoms with van der Waals surface area (Å²) in [6, 6.07) is 1.73. The van der Waals surface area contributed by atoms with E-state index in [-0.39, 0.29) is 0 Å². The molecule has 2 bridgehead atoms. The minimum atomic E-state index is 0.606. The lowest BCUT2D eigenvalue weighted by Crippen LogP contribution is -2.40. The second-order valence-corrected chi connectivity index (χ2v) is 7.05. The second kappa shape index (κ2) is 3.48. The van der Waals surface area contributed by atoms with Crippen LogP contribution < -0.4 is 5.32 Å². The number of hydrogen-bond acceptors (Lipinski definition) is 1. The van der Waals surface area contributed by atoms with Crippen LogP contribution in [0.1, 0.15) is 58.8 Å². The molecule has 0 saturated heterocycles. The Morgan fingerprint density at radius 2 is 1.93 bits per heavy atom. The van der Waals surface area contributed by atoms with Crippen molar-refractivity contribution >= 4 is 0 Å². The maximum atomic E-state index is 3.96. The van der Waals surface area contributed by atoms with E-state index in [0.717, 1.165) is 23.9 Å². The summed E-state index contributed by atoms with van der Waals surface area (Å²) in [6.45, 7) is 4.85. The van der Waals surface area contributed by atoms with Gasteiger partial charge in [-0.3, -0.25) is 0 Å². The summed E-state index contributed by atoms with van der Waals surface area (Å²) in [5, 5.41) is 3.96. The van der Waals surface area contributed by atoms with Crippen LogP contribution in [0.4, 0.5) is 0 Å². The average molecular weight is 207 g/mol. The molecule has 0 heterocycles. The molecule has 3 aliphatic rings. The third-order valence-corrected chi connectivity index (χ3v) is 5.16. The molecule has 0 aromatic heterocycles. The monoisotopic (exact) mass is 207 g/mol. The fourth-order valence-corrected chi connectivity index (χ4v) is 4.33. The van der Waals surface area contributed by atoms with Gasteiger partial charge in [0.2, 0.25) is 0 Å². The Bertz CT molecular complexity index is 246. The summed E-state index contributed by atoms with van der Waals surface area (Å²) in [5.41, 5.74) is 0.606. The third-order valence-electron chi connectivity index (χ3n) is 5.16. The molecule has 4 atom stereocenters. The first-order valence-corrected chi connectivity index (χ1v) is 6.88. The molecule has 86 valence electrons. The SMILES string of the molecule is CC1(C)CCC(NC2CC3CCC2C3)C1. The quantitative estimate of drug-likeness (QED) is 0.732. The molecule has 0 aromatic rings. The molecule has 0 spiro atoms. The van der Waals surface area contributed by atoms with Crippen molar-refractivity contribution in [3.63, 3.8) is 0 Å². The Kier molecular flexibility index (Phi) is 2.35. The highest BCUT2D eigenvalue weighted by molar-refractivity contribution is 4.97. The molecule has 15 heavy (non-hydrogen) atoms. The molecule has 1 N–H and O–H groups in total. The first-order chi connectivity index (χ1) is 7.12. The summed E-state index contributed by atoms with van der Waals surface area (Å²) in [7, 11) is 0. The van der Waals surface area contributed by atoms with E-state index in [9.17, 15) is 0 Å². The van der Waals surface area contributed by atoms with Crippen LogP contribution in [0.3, 0.4) is 0 Å². The third kappa shape index (κ3) is 1.95. The Morgan fingerprint density at radius 1 is 1.07 bits per heavy atom. The second-order valence-electron chi connectivity index (χ2n) is 7.05. The zero-order valence-electron chi connectivity index (χ0n) is 10.3. The molecular formula is C14H25N. The highest BCUT2D eigenvalue weighted by atomic mass is 15.0. The summed E-state index contributed by atoms with van der Waals surface area (Å²) in [6.07, 6.45) is 10.3. The van der Waals surface area contributed by atoms with Gasteiger partial charge in [-0.15, -0.1) is 0 Å². The summed E-state index contributed by atoms with van der Waals surface area (Å²) < 4.78 is 0. The zero-order chi connectivity index (χ0) is 10.5. The van der Waals surface area contributed by atoms with Crippen molar-refractivity contribution in [2.45, 2.75) is 70.9 Å². The van der Waals surface area contributed by atoms with E-state index in [2.05, 4.69) is 19.2 Å². The minimum Gasteiger partial charge on any atom is -0.311 e. The largest absolute Gasteiger partial charge is 0.311 e. The number of nitrogens with one attached hydrogen (secondary N) is 1. The number of hydrogen-bond donors (Lipinski definition) is 1. The number of fused-ring (bicyclic) bond motifs is 2. The standard InChI is InChI=1S/C14H25N/c1-14(2)6-5-12(9-14)15-13-8-10-3-4-11(13)7-10/h10-13,15H,3-9H2,1-2H3. The topological polar surface area (TPSA) is 12.0 Å². The van der Waals surface area contributed by atoms with Crippen LogP contribution in [0, 0.1) is 17.3 Å². The summed E-state index contributed by atoms with van der Waals surface area (Å²) in [5.74, 6) is 2.13. The van der Waals surface area contributed by atoms with E-state index in [1.54, 1.807) is 0 Å². The fraction of sp³-hybridized carbons (Fsp3) is 1.00. The molecule has 3 saturated carbocycles. The van der Waals surface area contributed by atoms with Gasteiger partial charge in [0, 0.05) is 12.1 Å². The first-order valence-electron chi connectivity index (χ1n) is 6.88. The Hall–Kier alpha value is -0.0400. The van der Waals surface area contributed by atoms with Crippen molar-refractivity contribution in [2.75, 3.05) is 0 Å². The van der Waals surface area contributed by atoms with E-state index in [1.165, 1.54) is 44.9 Å². The molecule has 0 aliphatic heterocycles. The van der Waals surface area contributed by atoms with E-state index >= 15 is 0 Å². The lowest BCUT2D eigenvalue weighted by molar-refractivity contribution is 0.301. The van der Waals surface area contributed by atoms with Gasteiger partial charge in [-0.2, -0.15) is 0 Å². The van der Waals surface area contributed by atoms with Gasteiger partial charge < -0.3 is 5.32 Å². The molecule has 0 aromatic carbocycles. The van der Waals surface area contributed by atoms with Crippen molar-refractivity contribution in [1.82, 2.24) is 5.32 Å². The van der Waals surface area contributed by atoms with Crippen LogP contribution >= 0.6 is 0 Å². The van der Waals surface area contributed by atoms with E-state index in [0.29, 0.717) is 5.41 Å². The molecule has 4 unspecified atom stereocenters. The minimum absolute atomic E-state index is 0.606. The maximum Gasteiger partial charge on any atom is 0.0101 e. The Balaban J connectivity index is 1.54. The predicted molar refractivity (Wildman–Crippen MR) is 63.8 cm³/mol. The lowest BCUT2D eigenvalue weighted by atomic mass is 9.91. The van der Waals surface area contributed by atoms with Gasteiger partial charge in [0.15, 0.2) is 0 Å². The van der Waals surface area contributed by atoms with Crippen molar-refractivity contribution in [3.8, 4) is 0 Å². The van der Waals surface area contributed by atoms with Crippen molar-refractivity contribution in [2.24, 2.45) is 17.3 Å². The van der Waals surface area contributed by atoms with Crippen LogP contribution in [-0.2, 0) is 0 Å². The van der Waals surface area contributed by atoms with Gasteiger partial charge in [-0.25, -0.2) is 0 Å². The molecule has 3 fully saturated rings. The van der Waals surface area contributed by atoms with E-state index in [4.69, 9.17) is 0 Å². The molecule has 1 nitrogen and oxygen atoms in total. The van der Waals surface area contributed by atoms with Crippen LogP contribution in [0.15, 0.2) is 0 Å². The van der Waals surface area contributed by atoms with E-state index < -0.39 is 0 Å². The maximum absolute atomic E-state index is 3.96. The zero-order valence-corrected chi connectivity index (χ0v) is 10.3. The first kappa shape index (κ1) is 10.1.